The van der Waals surface area contributed by atoms with Gasteiger partial charge < -0.3 is 23.7 Å². The Morgan fingerprint density at radius 3 is 2.36 bits per heavy atom. The van der Waals surface area contributed by atoms with Gasteiger partial charge in [0.15, 0.2) is 29.8 Å². The lowest BCUT2D eigenvalue weighted by Gasteiger charge is -2.50. The van der Waals surface area contributed by atoms with Crippen LogP contribution in [-0.2, 0) is 39.0 Å². The molecule has 0 aliphatic carbocycles. The monoisotopic (exact) mass is 669 g/mol. The highest BCUT2D eigenvalue weighted by atomic mass is 32.2. The molecule has 3 heterocycles. The highest BCUT2D eigenvalue weighted by Crippen LogP contribution is 2.43. The van der Waals surface area contributed by atoms with Crippen LogP contribution in [0, 0.1) is 17.5 Å². The van der Waals surface area contributed by atoms with Crippen LogP contribution < -0.4 is 0 Å². The Kier molecular flexibility index (Phi) is 9.92. The van der Waals surface area contributed by atoms with E-state index in [-0.39, 0.29) is 17.9 Å². The first-order valence-corrected chi connectivity index (χ1v) is 15.7. The van der Waals surface area contributed by atoms with Crippen molar-refractivity contribution < 1.29 is 46.4 Å². The van der Waals surface area contributed by atoms with Crippen molar-refractivity contribution in [1.29, 1.82) is 0 Å². The number of methoxy groups -OCH3 is 1. The third-order valence-electron chi connectivity index (χ3n) is 7.86. The number of carbonyl (C=O) groups is 2. The molecule has 4 aromatic rings. The second-order valence-corrected chi connectivity index (χ2v) is 12.1. The van der Waals surface area contributed by atoms with Crippen LogP contribution >= 0.6 is 11.8 Å². The lowest BCUT2D eigenvalue weighted by atomic mass is 9.89. The van der Waals surface area contributed by atoms with Crippen LogP contribution in [-0.4, -0.2) is 70.3 Å². The summed E-state index contributed by atoms with van der Waals surface area (Å²) in [4.78, 5) is 25.9. The summed E-state index contributed by atoms with van der Waals surface area (Å²) in [7, 11) is 1.25. The molecule has 4 unspecified atom stereocenters. The number of esters is 2. The standard InChI is InChI=1S/C33H30F3N3O7S/c1-18(40)44-29-27(39-15-24(37-38-39)21-13-22(34)26(36)23(35)14-21)28-25(16-43-33(46-28)20-11-7-4-8-12-20)45-30(29)31(32(41)42-2)47-17-19-9-5-3-6-10-19/h3-15,25,27-31,33H,16-17H2,1-2H3/t25?,27?,28-,29?,30+,31-,33?/m0/s1. The summed E-state index contributed by atoms with van der Waals surface area (Å²) in [6.45, 7) is 1.26. The van der Waals surface area contributed by atoms with E-state index in [0.29, 0.717) is 5.75 Å². The maximum absolute atomic E-state index is 14.1. The van der Waals surface area contributed by atoms with Gasteiger partial charge in [0, 0.05) is 23.8 Å². The molecule has 0 spiro atoms. The number of hydrogen-bond donors (Lipinski definition) is 0. The third-order valence-corrected chi connectivity index (χ3v) is 9.18. The van der Waals surface area contributed by atoms with Gasteiger partial charge >= 0.3 is 11.9 Å². The van der Waals surface area contributed by atoms with E-state index in [1.165, 1.54) is 36.7 Å². The van der Waals surface area contributed by atoms with Gasteiger partial charge in [-0.15, -0.1) is 16.9 Å². The number of thioether (sulfide) groups is 1. The van der Waals surface area contributed by atoms with Crippen molar-refractivity contribution in [2.75, 3.05) is 13.7 Å². The molecule has 1 aromatic heterocycles. The number of carbonyl (C=O) groups excluding carboxylic acids is 2. The van der Waals surface area contributed by atoms with Gasteiger partial charge in [0.25, 0.3) is 0 Å². The van der Waals surface area contributed by atoms with Crippen LogP contribution in [0.3, 0.4) is 0 Å². The van der Waals surface area contributed by atoms with Gasteiger partial charge in [-0.1, -0.05) is 65.9 Å². The van der Waals surface area contributed by atoms with Crippen LogP contribution in [0.15, 0.2) is 79.0 Å². The predicted molar refractivity (Wildman–Crippen MR) is 162 cm³/mol. The highest BCUT2D eigenvalue weighted by molar-refractivity contribution is 7.99. The smallest absolute Gasteiger partial charge is 0.321 e. The Labute approximate surface area is 272 Å². The van der Waals surface area contributed by atoms with E-state index < -0.39 is 71.4 Å². The van der Waals surface area contributed by atoms with E-state index in [1.54, 1.807) is 0 Å². The minimum Gasteiger partial charge on any atom is -0.468 e. The highest BCUT2D eigenvalue weighted by Gasteiger charge is 2.56. The lowest BCUT2D eigenvalue weighted by molar-refractivity contribution is -0.317. The summed E-state index contributed by atoms with van der Waals surface area (Å²) in [6.07, 6.45) is -3.37. The largest absolute Gasteiger partial charge is 0.468 e. The second kappa shape index (κ2) is 14.3. The molecule has 6 rings (SSSR count). The molecular formula is C33H30F3N3O7S. The average Bonchev–Trinajstić information content (AvgIpc) is 3.57. The van der Waals surface area contributed by atoms with Crippen molar-refractivity contribution in [3.63, 3.8) is 0 Å². The van der Waals surface area contributed by atoms with Crippen molar-refractivity contribution in [3.05, 3.63) is 108 Å². The Balaban J connectivity index is 1.41. The zero-order chi connectivity index (χ0) is 33.1. The van der Waals surface area contributed by atoms with Crippen LogP contribution in [0.2, 0.25) is 0 Å². The molecule has 246 valence electrons. The van der Waals surface area contributed by atoms with Crippen molar-refractivity contribution >= 4 is 23.7 Å². The molecular weight excluding hydrogens is 639 g/mol. The van der Waals surface area contributed by atoms with Crippen molar-refractivity contribution in [3.8, 4) is 11.3 Å². The maximum Gasteiger partial charge on any atom is 0.321 e. The van der Waals surface area contributed by atoms with E-state index in [9.17, 15) is 22.8 Å². The molecule has 0 N–H and O–H groups in total. The lowest BCUT2D eigenvalue weighted by Crippen LogP contribution is -2.63. The minimum absolute atomic E-state index is 0.0126. The van der Waals surface area contributed by atoms with E-state index in [4.69, 9.17) is 23.7 Å². The quantitative estimate of drug-likeness (QED) is 0.174. The third kappa shape index (κ3) is 7.05. The number of ether oxygens (including phenoxy) is 5. The van der Waals surface area contributed by atoms with Gasteiger partial charge in [-0.2, -0.15) is 0 Å². The molecule has 2 saturated heterocycles. The fraction of sp³-hybridized carbons (Fsp3) is 0.333. The summed E-state index contributed by atoms with van der Waals surface area (Å²) in [5.41, 5.74) is 1.60. The van der Waals surface area contributed by atoms with Crippen molar-refractivity contribution in [2.45, 2.75) is 54.7 Å². The van der Waals surface area contributed by atoms with Gasteiger partial charge in [-0.25, -0.2) is 17.9 Å². The Hall–Kier alpha value is -4.24. The molecule has 2 aliphatic heterocycles. The van der Waals surface area contributed by atoms with E-state index >= 15 is 0 Å². The van der Waals surface area contributed by atoms with Crippen molar-refractivity contribution in [1.82, 2.24) is 15.0 Å². The molecule has 47 heavy (non-hydrogen) atoms. The number of benzene rings is 3. The van der Waals surface area contributed by atoms with Gasteiger partial charge in [0.2, 0.25) is 0 Å². The molecule has 7 atom stereocenters. The molecule has 3 aromatic carbocycles. The minimum atomic E-state index is -1.62. The SMILES string of the molecule is COC(=O)[C@@H](SCc1ccccc1)[C@@H]1OC2COC(c3ccccc3)O[C@@H]2C(n2cc(-c3cc(F)c(F)c(F)c3)nn2)C1OC(C)=O. The van der Waals surface area contributed by atoms with Gasteiger partial charge in [-0.3, -0.25) is 9.59 Å². The van der Waals surface area contributed by atoms with Crippen LogP contribution in [0.1, 0.15) is 30.4 Å². The fourth-order valence-electron chi connectivity index (χ4n) is 5.71. The summed E-state index contributed by atoms with van der Waals surface area (Å²) >= 11 is 1.25. The second-order valence-electron chi connectivity index (χ2n) is 11.0. The Bertz CT molecular complexity index is 1690. The molecule has 10 nitrogen and oxygen atoms in total. The van der Waals surface area contributed by atoms with E-state index in [1.807, 2.05) is 60.7 Å². The zero-order valence-electron chi connectivity index (χ0n) is 25.2. The summed E-state index contributed by atoms with van der Waals surface area (Å²) < 4.78 is 73.4. The normalized spacial score (nSPS) is 24.6. The first-order chi connectivity index (χ1) is 22.7. The van der Waals surface area contributed by atoms with Crippen LogP contribution in [0.25, 0.3) is 11.3 Å². The fourth-order valence-corrected chi connectivity index (χ4v) is 6.92. The Morgan fingerprint density at radius 1 is 1.02 bits per heavy atom. The average molecular weight is 670 g/mol. The molecule has 0 amide bonds. The number of hydrogen-bond acceptors (Lipinski definition) is 10. The zero-order valence-corrected chi connectivity index (χ0v) is 26.0. The summed E-state index contributed by atoms with van der Waals surface area (Å²) in [5.74, 6) is -5.28. The molecule has 2 aliphatic rings. The number of halogens is 3. The molecule has 0 saturated carbocycles. The van der Waals surface area contributed by atoms with Gasteiger partial charge in [0.1, 0.15) is 35.3 Å². The first-order valence-electron chi connectivity index (χ1n) is 14.7. The molecule has 2 fully saturated rings. The van der Waals surface area contributed by atoms with Gasteiger partial charge in [0.05, 0.1) is 19.9 Å². The van der Waals surface area contributed by atoms with E-state index in [2.05, 4.69) is 10.3 Å². The van der Waals surface area contributed by atoms with Crippen LogP contribution in [0.4, 0.5) is 13.2 Å². The Morgan fingerprint density at radius 2 is 1.70 bits per heavy atom. The number of nitrogens with zero attached hydrogens (tertiary/aromatic N) is 3. The molecule has 0 bridgehead atoms. The first kappa shape index (κ1) is 32.7. The summed E-state index contributed by atoms with van der Waals surface area (Å²) in [5, 5.41) is 7.34. The summed E-state index contributed by atoms with van der Waals surface area (Å²) in [6, 6.07) is 19.3. The number of rotatable bonds is 9. The van der Waals surface area contributed by atoms with Gasteiger partial charge in [-0.05, 0) is 17.7 Å². The van der Waals surface area contributed by atoms with Crippen LogP contribution in [0.5, 0.6) is 0 Å². The molecule has 14 heteroatoms. The van der Waals surface area contributed by atoms with E-state index in [0.717, 1.165) is 23.3 Å². The number of fused-ring (bicyclic) bond motifs is 1. The van der Waals surface area contributed by atoms with Crippen molar-refractivity contribution in [2.24, 2.45) is 0 Å². The molecule has 0 radical (unpaired) electrons. The number of aromatic nitrogens is 3. The predicted octanol–water partition coefficient (Wildman–Crippen LogP) is 5.19. The maximum atomic E-state index is 14.1. The topological polar surface area (TPSA) is 111 Å².